The molecule has 0 aliphatic heterocycles. The third-order valence-corrected chi connectivity index (χ3v) is 2.26. The van der Waals surface area contributed by atoms with E-state index in [2.05, 4.69) is 6.58 Å². The molecule has 0 heterocycles. The summed E-state index contributed by atoms with van der Waals surface area (Å²) >= 11 is 0. The van der Waals surface area contributed by atoms with Gasteiger partial charge >= 0.3 is 0 Å². The van der Waals surface area contributed by atoms with Crippen LogP contribution in [0.1, 0.15) is 32.6 Å². The molecule has 1 rings (SSSR count). The highest BCUT2D eigenvalue weighted by atomic mass is 16.1. The number of allylic oxidation sites excluding steroid dienone is 1. The Morgan fingerprint density at radius 1 is 1.64 bits per heavy atom. The van der Waals surface area contributed by atoms with Gasteiger partial charge in [0.15, 0.2) is 5.78 Å². The maximum atomic E-state index is 11.4. The molecule has 0 saturated heterocycles. The smallest absolute Gasteiger partial charge is 0.156 e. The highest BCUT2D eigenvalue weighted by molar-refractivity contribution is 5.90. The first-order chi connectivity index (χ1) is 5.04. The third-order valence-electron chi connectivity index (χ3n) is 2.26. The van der Waals surface area contributed by atoms with Gasteiger partial charge in [-0.15, -0.1) is 0 Å². The van der Waals surface area contributed by atoms with Crippen LogP contribution in [0.5, 0.6) is 0 Å². The minimum absolute atomic E-state index is 0.163. The molecular formula is C9H15NO. The summed E-state index contributed by atoms with van der Waals surface area (Å²) in [6.45, 7) is 5.55. The van der Waals surface area contributed by atoms with Gasteiger partial charge in [-0.05, 0) is 26.2 Å². The topological polar surface area (TPSA) is 43.1 Å². The first-order valence-corrected chi connectivity index (χ1v) is 4.01. The van der Waals surface area contributed by atoms with E-state index in [0.29, 0.717) is 6.42 Å². The van der Waals surface area contributed by atoms with Crippen molar-refractivity contribution in [3.05, 3.63) is 12.2 Å². The van der Waals surface area contributed by atoms with Gasteiger partial charge in [0.05, 0.1) is 5.54 Å². The van der Waals surface area contributed by atoms with E-state index >= 15 is 0 Å². The van der Waals surface area contributed by atoms with Gasteiger partial charge in [-0.25, -0.2) is 0 Å². The molecule has 0 bridgehead atoms. The number of nitrogens with two attached hydrogens (primary N) is 1. The zero-order valence-electron chi connectivity index (χ0n) is 7.02. The number of ketones is 1. The SMILES string of the molecule is C=C(C)CC(=O)C1(N)CCC1. The fraction of sp³-hybridized carbons (Fsp3) is 0.667. The number of carbonyl (C=O) groups excluding carboxylic acids is 1. The highest BCUT2D eigenvalue weighted by Crippen LogP contribution is 2.31. The van der Waals surface area contributed by atoms with Crippen LogP contribution in [0.15, 0.2) is 12.2 Å². The summed E-state index contributed by atoms with van der Waals surface area (Å²) < 4.78 is 0. The van der Waals surface area contributed by atoms with Crippen LogP contribution in [0, 0.1) is 0 Å². The van der Waals surface area contributed by atoms with Crippen LogP contribution in [0.25, 0.3) is 0 Å². The molecule has 11 heavy (non-hydrogen) atoms. The second-order valence-electron chi connectivity index (χ2n) is 3.57. The van der Waals surface area contributed by atoms with Gasteiger partial charge in [-0.2, -0.15) is 0 Å². The van der Waals surface area contributed by atoms with Crippen LogP contribution in [-0.4, -0.2) is 11.3 Å². The second-order valence-corrected chi connectivity index (χ2v) is 3.57. The number of rotatable bonds is 3. The zero-order chi connectivity index (χ0) is 8.48. The molecule has 1 saturated carbocycles. The van der Waals surface area contributed by atoms with E-state index in [1.165, 1.54) is 0 Å². The third kappa shape index (κ3) is 1.69. The van der Waals surface area contributed by atoms with Gasteiger partial charge in [0.2, 0.25) is 0 Å². The van der Waals surface area contributed by atoms with Gasteiger partial charge in [0, 0.05) is 6.42 Å². The summed E-state index contributed by atoms with van der Waals surface area (Å²) in [7, 11) is 0. The number of hydrogen-bond donors (Lipinski definition) is 1. The Balaban J connectivity index is 2.47. The van der Waals surface area contributed by atoms with E-state index in [-0.39, 0.29) is 5.78 Å². The molecule has 0 spiro atoms. The van der Waals surface area contributed by atoms with Gasteiger partial charge in [0.25, 0.3) is 0 Å². The maximum absolute atomic E-state index is 11.4. The Hall–Kier alpha value is -0.630. The van der Waals surface area contributed by atoms with E-state index in [9.17, 15) is 4.79 Å². The summed E-state index contributed by atoms with van der Waals surface area (Å²) in [5.41, 5.74) is 6.23. The van der Waals surface area contributed by atoms with E-state index in [0.717, 1.165) is 24.8 Å². The molecule has 1 aliphatic rings. The fourth-order valence-electron chi connectivity index (χ4n) is 1.29. The monoisotopic (exact) mass is 153 g/mol. The zero-order valence-corrected chi connectivity index (χ0v) is 7.02. The standard InChI is InChI=1S/C9H15NO/c1-7(2)6-8(11)9(10)4-3-5-9/h1,3-6,10H2,2H3. The van der Waals surface area contributed by atoms with Gasteiger partial charge < -0.3 is 5.73 Å². The van der Waals surface area contributed by atoms with Crippen LogP contribution < -0.4 is 5.73 Å². The quantitative estimate of drug-likeness (QED) is 0.623. The van der Waals surface area contributed by atoms with E-state index in [4.69, 9.17) is 5.73 Å². The molecular weight excluding hydrogens is 138 g/mol. The molecule has 62 valence electrons. The largest absolute Gasteiger partial charge is 0.319 e. The Morgan fingerprint density at radius 2 is 2.18 bits per heavy atom. The van der Waals surface area contributed by atoms with Crippen molar-refractivity contribution < 1.29 is 4.79 Å². The predicted octanol–water partition coefficient (Wildman–Crippen LogP) is 1.40. The Morgan fingerprint density at radius 3 is 2.45 bits per heavy atom. The molecule has 1 aliphatic carbocycles. The second kappa shape index (κ2) is 2.78. The minimum atomic E-state index is -0.487. The summed E-state index contributed by atoms with van der Waals surface area (Å²) in [6, 6.07) is 0. The maximum Gasteiger partial charge on any atom is 0.156 e. The fourth-order valence-corrected chi connectivity index (χ4v) is 1.29. The molecule has 1 fully saturated rings. The normalized spacial score (nSPS) is 20.5. The Labute approximate surface area is 67.5 Å². The van der Waals surface area contributed by atoms with Gasteiger partial charge in [-0.1, -0.05) is 12.2 Å². The van der Waals surface area contributed by atoms with E-state index in [1.54, 1.807) is 0 Å². The molecule has 0 radical (unpaired) electrons. The van der Waals surface area contributed by atoms with Crippen LogP contribution in [0.3, 0.4) is 0 Å². The first-order valence-electron chi connectivity index (χ1n) is 4.01. The lowest BCUT2D eigenvalue weighted by atomic mass is 9.73. The molecule has 0 aromatic heterocycles. The molecule has 2 N–H and O–H groups in total. The van der Waals surface area contributed by atoms with Crippen molar-refractivity contribution in [1.82, 2.24) is 0 Å². The van der Waals surface area contributed by atoms with Crippen molar-refractivity contribution >= 4 is 5.78 Å². The van der Waals surface area contributed by atoms with Crippen molar-refractivity contribution in [2.24, 2.45) is 5.73 Å². The van der Waals surface area contributed by atoms with Crippen molar-refractivity contribution in [1.29, 1.82) is 0 Å². The summed E-state index contributed by atoms with van der Waals surface area (Å²) in [4.78, 5) is 11.4. The molecule has 0 unspecified atom stereocenters. The van der Waals surface area contributed by atoms with Crippen molar-refractivity contribution in [3.63, 3.8) is 0 Å². The van der Waals surface area contributed by atoms with Crippen LogP contribution in [-0.2, 0) is 4.79 Å². The van der Waals surface area contributed by atoms with E-state index < -0.39 is 5.54 Å². The average molecular weight is 153 g/mol. The lowest BCUT2D eigenvalue weighted by molar-refractivity contribution is -0.126. The lowest BCUT2D eigenvalue weighted by Gasteiger charge is -2.36. The van der Waals surface area contributed by atoms with Crippen molar-refractivity contribution in [3.8, 4) is 0 Å². The number of Topliss-reactive ketones (excluding diaryl/α,β-unsaturated/α-hetero) is 1. The molecule has 2 nitrogen and oxygen atoms in total. The molecule has 0 amide bonds. The van der Waals surface area contributed by atoms with Crippen molar-refractivity contribution in [2.75, 3.05) is 0 Å². The van der Waals surface area contributed by atoms with Crippen LogP contribution >= 0.6 is 0 Å². The summed E-state index contributed by atoms with van der Waals surface area (Å²) in [6.07, 6.45) is 3.27. The average Bonchev–Trinajstić information content (AvgIpc) is 1.81. The lowest BCUT2D eigenvalue weighted by Crippen LogP contribution is -2.53. The van der Waals surface area contributed by atoms with Crippen LogP contribution in [0.2, 0.25) is 0 Å². The first kappa shape index (κ1) is 8.47. The van der Waals surface area contributed by atoms with Crippen LogP contribution in [0.4, 0.5) is 0 Å². The molecule has 2 heteroatoms. The Bertz CT molecular complexity index is 192. The van der Waals surface area contributed by atoms with E-state index in [1.807, 2.05) is 6.92 Å². The molecule has 0 aromatic rings. The number of hydrogen-bond acceptors (Lipinski definition) is 2. The van der Waals surface area contributed by atoms with Gasteiger partial charge in [0.1, 0.15) is 0 Å². The molecule has 0 atom stereocenters. The molecule has 0 aromatic carbocycles. The number of carbonyl (C=O) groups is 1. The predicted molar refractivity (Wildman–Crippen MR) is 45.2 cm³/mol. The minimum Gasteiger partial charge on any atom is -0.319 e. The Kier molecular flexibility index (Phi) is 2.14. The van der Waals surface area contributed by atoms with Gasteiger partial charge in [-0.3, -0.25) is 4.79 Å². The highest BCUT2D eigenvalue weighted by Gasteiger charge is 2.39. The van der Waals surface area contributed by atoms with Crippen molar-refractivity contribution in [2.45, 2.75) is 38.1 Å². The summed E-state index contributed by atoms with van der Waals surface area (Å²) in [5.74, 6) is 0.163. The summed E-state index contributed by atoms with van der Waals surface area (Å²) in [5, 5.41) is 0.